The minimum atomic E-state index is 0.357. The van der Waals surface area contributed by atoms with Crippen molar-refractivity contribution in [2.45, 2.75) is 1.43 Å². The van der Waals surface area contributed by atoms with Crippen molar-refractivity contribution < 1.29 is 0 Å². The summed E-state index contributed by atoms with van der Waals surface area (Å²) in [6.07, 6.45) is 0. The van der Waals surface area contributed by atoms with Gasteiger partial charge < -0.3 is 0 Å². The van der Waals surface area contributed by atoms with Crippen molar-refractivity contribution in [2.24, 2.45) is 0 Å². The van der Waals surface area contributed by atoms with Crippen LogP contribution in [0.25, 0.3) is 0 Å². The van der Waals surface area contributed by atoms with Gasteiger partial charge in [0, 0.05) is 10.7 Å². The van der Waals surface area contributed by atoms with Gasteiger partial charge in [-0.15, -0.1) is 0 Å². The number of rotatable bonds is 2. The Morgan fingerprint density at radius 1 is 1.14 bits per heavy atom. The predicted molar refractivity (Wildman–Crippen MR) is 58.4 cm³/mol. The Labute approximate surface area is 87.7 Å². The summed E-state index contributed by atoms with van der Waals surface area (Å²) in [5, 5.41) is 2.07. The van der Waals surface area contributed by atoms with Gasteiger partial charge in [0.1, 0.15) is 0 Å². The topological polar surface area (TPSA) is 0 Å². The fourth-order valence-corrected chi connectivity index (χ4v) is 0.964. The van der Waals surface area contributed by atoms with E-state index in [2.05, 4.69) is 77.0 Å². The highest BCUT2D eigenvalue weighted by atomic mass is 127. The Kier molecular flexibility index (Phi) is 5.75. The van der Waals surface area contributed by atoms with E-state index < -0.39 is 0 Å². The van der Waals surface area contributed by atoms with Crippen LogP contribution in [-0.2, 0) is 0 Å². The second kappa shape index (κ2) is 4.27. The van der Waals surface area contributed by atoms with Gasteiger partial charge in [0.15, 0.2) is 0 Å². The molecule has 0 N–H and O–H groups in total. The lowest BCUT2D eigenvalue weighted by Gasteiger charge is -2.11. The van der Waals surface area contributed by atoms with Crippen molar-refractivity contribution >= 4 is 77.0 Å². The van der Waals surface area contributed by atoms with Crippen molar-refractivity contribution in [1.29, 1.82) is 0 Å². The van der Waals surface area contributed by atoms with E-state index >= 15 is 0 Å². The Morgan fingerprint density at radius 2 is 1.43 bits per heavy atom. The van der Waals surface area contributed by atoms with E-state index in [1.54, 1.807) is 0 Å². The Balaban J connectivity index is 3.36. The molecule has 0 nitrogen and oxygen atoms in total. The molecule has 0 spiro atoms. The molecule has 0 unspecified atom stereocenters. The summed E-state index contributed by atoms with van der Waals surface area (Å²) in [4.78, 5) is 0. The van der Waals surface area contributed by atoms with Gasteiger partial charge >= 0.3 is 0 Å². The monoisotopic (exact) mass is 452 g/mol. The van der Waals surface area contributed by atoms with Crippen LogP contribution in [0.5, 0.6) is 0 Å². The van der Waals surface area contributed by atoms with Crippen LogP contribution in [-0.4, -0.2) is 12.1 Å². The van der Waals surface area contributed by atoms with Gasteiger partial charge in [0.05, 0.1) is 1.43 Å². The first-order valence-corrected chi connectivity index (χ1v) is 6.02. The lowest BCUT2D eigenvalue weighted by Crippen LogP contribution is -2.13. The number of halogens is 4. The summed E-state index contributed by atoms with van der Waals surface area (Å²) in [7, 11) is 0. The molecule has 7 heavy (non-hydrogen) atoms. The van der Waals surface area contributed by atoms with Gasteiger partial charge in [-0.05, 0) is 0 Å². The molecule has 44 valence electrons. The van der Waals surface area contributed by atoms with Gasteiger partial charge in [0.25, 0.3) is 0 Å². The Morgan fingerprint density at radius 3 is 1.43 bits per heavy atom. The predicted octanol–water partition coefficient (Wildman–Crippen LogP) is 3.34. The molecule has 4 heteroatoms. The van der Waals surface area contributed by atoms with Crippen LogP contribution in [0.15, 0.2) is 0 Å². The molecule has 0 fully saturated rings. The maximum absolute atomic E-state index is 3.39. The molecule has 0 aromatic rings. The first-order valence-electron chi connectivity index (χ1n) is 1.62. The highest BCUT2D eigenvalue weighted by Gasteiger charge is 2.17. The molecule has 0 aliphatic heterocycles. The smallest absolute Gasteiger partial charge is 0.0905 e. The molecule has 0 aliphatic rings. The van der Waals surface area contributed by atoms with Crippen LogP contribution in [0.1, 0.15) is 0 Å². The summed E-state index contributed by atoms with van der Waals surface area (Å²) >= 11 is 11.6. The second-order valence-electron chi connectivity index (χ2n) is 1.12. The summed E-state index contributed by atoms with van der Waals surface area (Å²) < 4.78 is 0.357. The van der Waals surface area contributed by atoms with Crippen LogP contribution >= 0.6 is 77.0 Å². The lowest BCUT2D eigenvalue weighted by molar-refractivity contribution is 1.19. The molecule has 0 bridgehead atoms. The quantitative estimate of drug-likeness (QED) is 0.444. The fraction of sp³-hybridized carbons (Fsp3) is 1.00. The number of hydrogen-bond donors (Lipinski definition) is 0. The minimum absolute atomic E-state index is 0.357. The normalized spacial score (nSPS) is 12.0. The number of hydrogen-bond acceptors (Lipinski definition) is 0. The molecular formula is C3H4Br2I2. The van der Waals surface area contributed by atoms with E-state index in [0.29, 0.717) is 1.43 Å². The van der Waals surface area contributed by atoms with Gasteiger partial charge in [0.2, 0.25) is 0 Å². The highest BCUT2D eigenvalue weighted by Crippen LogP contribution is 2.31. The lowest BCUT2D eigenvalue weighted by atomic mass is 10.6. The molecule has 0 amide bonds. The second-order valence-corrected chi connectivity index (χ2v) is 8.44. The van der Waals surface area contributed by atoms with E-state index in [9.17, 15) is 0 Å². The van der Waals surface area contributed by atoms with E-state index in [1.807, 2.05) is 0 Å². The van der Waals surface area contributed by atoms with E-state index in [1.165, 1.54) is 0 Å². The molecule has 0 atom stereocenters. The van der Waals surface area contributed by atoms with Crippen molar-refractivity contribution in [3.63, 3.8) is 0 Å². The zero-order valence-electron chi connectivity index (χ0n) is 3.43. The molecule has 0 aromatic carbocycles. The summed E-state index contributed by atoms with van der Waals surface area (Å²) in [6, 6.07) is 0. The Hall–Kier alpha value is 2.42. The van der Waals surface area contributed by atoms with Crippen LogP contribution < -0.4 is 0 Å². The number of alkyl halides is 4. The van der Waals surface area contributed by atoms with Crippen LogP contribution in [0.4, 0.5) is 0 Å². The SMILES string of the molecule is BrCC(I)(I)CBr. The summed E-state index contributed by atoms with van der Waals surface area (Å²) in [5.74, 6) is 0. The van der Waals surface area contributed by atoms with E-state index in [-0.39, 0.29) is 0 Å². The van der Waals surface area contributed by atoms with Gasteiger partial charge in [-0.25, -0.2) is 0 Å². The van der Waals surface area contributed by atoms with E-state index in [0.717, 1.165) is 10.7 Å². The third kappa shape index (κ3) is 4.90. The summed E-state index contributed by atoms with van der Waals surface area (Å²) in [6.45, 7) is 0. The minimum Gasteiger partial charge on any atom is -0.0905 e. The third-order valence-electron chi connectivity index (χ3n) is 0.391. The zero-order valence-corrected chi connectivity index (χ0v) is 10.9. The first kappa shape index (κ1) is 9.42. The molecule has 0 saturated carbocycles. The van der Waals surface area contributed by atoms with Crippen molar-refractivity contribution in [3.8, 4) is 0 Å². The van der Waals surface area contributed by atoms with Crippen LogP contribution in [0, 0.1) is 0 Å². The van der Waals surface area contributed by atoms with Gasteiger partial charge in [-0.1, -0.05) is 77.0 Å². The molecule has 0 radical (unpaired) electrons. The average Bonchev–Trinajstić information content (AvgIpc) is 1.68. The van der Waals surface area contributed by atoms with E-state index in [4.69, 9.17) is 0 Å². The van der Waals surface area contributed by atoms with Gasteiger partial charge in [-0.2, -0.15) is 0 Å². The fourth-order valence-electron chi connectivity index (χ4n) is 0.0357. The summed E-state index contributed by atoms with van der Waals surface area (Å²) in [5.41, 5.74) is 0. The van der Waals surface area contributed by atoms with Crippen LogP contribution in [0.3, 0.4) is 0 Å². The molecule has 0 rings (SSSR count). The molecule has 0 aromatic heterocycles. The Bertz CT molecular complexity index is 48.9. The molecule has 0 saturated heterocycles. The average molecular weight is 454 g/mol. The van der Waals surface area contributed by atoms with Crippen molar-refractivity contribution in [1.82, 2.24) is 0 Å². The standard InChI is InChI=1S/C3H4Br2I2/c4-1-3(6,7)2-5/h1-2H2. The molecular weight excluding hydrogens is 450 g/mol. The highest BCUT2D eigenvalue weighted by molar-refractivity contribution is 14.2. The van der Waals surface area contributed by atoms with Gasteiger partial charge in [-0.3, -0.25) is 0 Å². The third-order valence-corrected chi connectivity index (χ3v) is 8.02. The molecule has 0 aliphatic carbocycles. The van der Waals surface area contributed by atoms with Crippen molar-refractivity contribution in [3.05, 3.63) is 0 Å². The first-order chi connectivity index (χ1) is 3.12. The maximum Gasteiger partial charge on any atom is 0.0926 e. The zero-order chi connectivity index (χ0) is 5.91. The maximum atomic E-state index is 3.39. The largest absolute Gasteiger partial charge is 0.0926 e. The molecule has 0 heterocycles. The van der Waals surface area contributed by atoms with Crippen molar-refractivity contribution in [2.75, 3.05) is 10.7 Å². The van der Waals surface area contributed by atoms with Crippen LogP contribution in [0.2, 0.25) is 0 Å².